The van der Waals surface area contributed by atoms with Gasteiger partial charge in [0.05, 0.1) is 0 Å². The molecule has 176 valence electrons. The number of halogens is 8. The molecular formula is C16H22F8N2O4. The number of hydrogen-bond acceptors (Lipinski definition) is 2. The van der Waals surface area contributed by atoms with E-state index in [1.54, 1.807) is 5.32 Å². The van der Waals surface area contributed by atoms with Crippen LogP contribution < -0.4 is 10.6 Å². The molecule has 6 nitrogen and oxygen atoms in total. The first-order chi connectivity index (χ1) is 13.6. The van der Waals surface area contributed by atoms with Crippen LogP contribution in [0.15, 0.2) is 0 Å². The molecule has 0 aliphatic heterocycles. The van der Waals surface area contributed by atoms with Crippen LogP contribution in [0.1, 0.15) is 32.1 Å². The molecule has 1 rings (SSSR count). The second-order valence-electron chi connectivity index (χ2n) is 7.47. The number of nitrogens with one attached hydrogen (secondary N) is 2. The number of amides is 2. The molecule has 0 radical (unpaired) electrons. The van der Waals surface area contributed by atoms with Gasteiger partial charge in [0.1, 0.15) is 0 Å². The second kappa shape index (κ2) is 9.86. The van der Waals surface area contributed by atoms with Crippen molar-refractivity contribution in [3.63, 3.8) is 0 Å². The predicted molar refractivity (Wildman–Crippen MR) is 86.5 cm³/mol. The van der Waals surface area contributed by atoms with E-state index in [-0.39, 0.29) is 12.8 Å². The first-order valence-corrected chi connectivity index (χ1v) is 8.88. The summed E-state index contributed by atoms with van der Waals surface area (Å²) >= 11 is 0. The maximum absolute atomic E-state index is 13.9. The fourth-order valence-electron chi connectivity index (χ4n) is 4.13. The number of alkyl halides is 8. The van der Waals surface area contributed by atoms with E-state index < -0.39 is 86.5 Å². The Kier molecular flexibility index (Phi) is 8.55. The van der Waals surface area contributed by atoms with Crippen LogP contribution in [0.2, 0.25) is 0 Å². The molecule has 3 unspecified atom stereocenters. The Labute approximate surface area is 166 Å². The number of rotatable bonds is 10. The van der Waals surface area contributed by atoms with E-state index in [0.29, 0.717) is 0 Å². The van der Waals surface area contributed by atoms with Gasteiger partial charge in [-0.15, -0.1) is 0 Å². The van der Waals surface area contributed by atoms with Crippen LogP contribution in [-0.2, 0) is 0 Å². The zero-order chi connectivity index (χ0) is 23.3. The van der Waals surface area contributed by atoms with Gasteiger partial charge in [-0.1, -0.05) is 6.42 Å². The maximum Gasteiger partial charge on any atom is 0.404 e. The Morgan fingerprint density at radius 2 is 1.50 bits per heavy atom. The van der Waals surface area contributed by atoms with Crippen LogP contribution in [0.3, 0.4) is 0 Å². The summed E-state index contributed by atoms with van der Waals surface area (Å²) in [5.74, 6) is -12.4. The molecule has 30 heavy (non-hydrogen) atoms. The molecule has 0 aromatic heterocycles. The summed E-state index contributed by atoms with van der Waals surface area (Å²) in [6.45, 7) is -1.54. The maximum atomic E-state index is 13.9. The van der Waals surface area contributed by atoms with E-state index in [9.17, 15) is 44.7 Å². The van der Waals surface area contributed by atoms with Crippen molar-refractivity contribution in [1.82, 2.24) is 10.6 Å². The molecule has 1 aliphatic carbocycles. The zero-order valence-electron chi connectivity index (χ0n) is 15.5. The van der Waals surface area contributed by atoms with Crippen LogP contribution in [0, 0.1) is 17.3 Å². The van der Waals surface area contributed by atoms with Gasteiger partial charge >= 0.3 is 36.9 Å². The van der Waals surface area contributed by atoms with Gasteiger partial charge in [0, 0.05) is 25.9 Å². The van der Waals surface area contributed by atoms with E-state index in [1.807, 2.05) is 5.32 Å². The van der Waals surface area contributed by atoms with Gasteiger partial charge in [0.2, 0.25) is 0 Å². The quantitative estimate of drug-likeness (QED) is 0.362. The lowest BCUT2D eigenvalue weighted by Crippen LogP contribution is -2.54. The van der Waals surface area contributed by atoms with Crippen molar-refractivity contribution >= 4 is 12.2 Å². The highest BCUT2D eigenvalue weighted by Crippen LogP contribution is 2.54. The lowest BCUT2D eigenvalue weighted by Gasteiger charge is -2.50. The SMILES string of the molecule is O=C(O)NCC1CCCC(CNC(=O)O)(CC(F)(F)C(F)F)C1CC(F)(F)C(F)F. The Balaban J connectivity index is 3.42. The van der Waals surface area contributed by atoms with Gasteiger partial charge in [-0.05, 0) is 30.1 Å². The molecule has 14 heteroatoms. The van der Waals surface area contributed by atoms with Crippen molar-refractivity contribution in [3.05, 3.63) is 0 Å². The fourth-order valence-corrected chi connectivity index (χ4v) is 4.13. The minimum absolute atomic E-state index is 0.0106. The van der Waals surface area contributed by atoms with Gasteiger partial charge in [-0.3, -0.25) is 0 Å². The van der Waals surface area contributed by atoms with E-state index in [0.717, 1.165) is 0 Å². The highest BCUT2D eigenvalue weighted by Gasteiger charge is 2.57. The molecule has 1 fully saturated rings. The summed E-state index contributed by atoms with van der Waals surface area (Å²) in [5.41, 5.74) is -2.22. The third kappa shape index (κ3) is 6.76. The minimum atomic E-state index is -4.71. The smallest absolute Gasteiger partial charge is 0.404 e. The number of carbonyl (C=O) groups is 2. The Hall–Kier alpha value is -2.02. The molecule has 1 aliphatic rings. The van der Waals surface area contributed by atoms with Crippen LogP contribution in [0.25, 0.3) is 0 Å². The summed E-state index contributed by atoms with van der Waals surface area (Å²) in [6, 6.07) is 0. The molecule has 4 N–H and O–H groups in total. The van der Waals surface area contributed by atoms with Crippen LogP contribution in [-0.4, -0.2) is 60.2 Å². The molecule has 0 spiro atoms. The summed E-state index contributed by atoms with van der Waals surface area (Å²) in [5, 5.41) is 21.1. The third-order valence-electron chi connectivity index (χ3n) is 5.43. The molecule has 2 amide bonds. The van der Waals surface area contributed by atoms with Crippen molar-refractivity contribution in [2.24, 2.45) is 17.3 Å². The second-order valence-corrected chi connectivity index (χ2v) is 7.47. The van der Waals surface area contributed by atoms with Crippen LogP contribution >= 0.6 is 0 Å². The lowest BCUT2D eigenvalue weighted by atomic mass is 9.57. The molecule has 0 heterocycles. The van der Waals surface area contributed by atoms with Crippen molar-refractivity contribution in [3.8, 4) is 0 Å². The van der Waals surface area contributed by atoms with Crippen molar-refractivity contribution in [2.75, 3.05) is 13.1 Å². The average Bonchev–Trinajstić information content (AvgIpc) is 2.59. The molecule has 0 aromatic rings. The summed E-state index contributed by atoms with van der Waals surface area (Å²) in [7, 11) is 0. The first-order valence-electron chi connectivity index (χ1n) is 8.88. The Bertz CT molecular complexity index is 608. The molecule has 1 saturated carbocycles. The number of carboxylic acid groups (broad SMARTS) is 2. The Morgan fingerprint density at radius 3 is 1.97 bits per heavy atom. The van der Waals surface area contributed by atoms with Crippen molar-refractivity contribution < 1.29 is 54.9 Å². The average molecular weight is 458 g/mol. The van der Waals surface area contributed by atoms with E-state index >= 15 is 0 Å². The first kappa shape index (κ1) is 26.0. The molecule has 0 saturated heterocycles. The summed E-state index contributed by atoms with van der Waals surface area (Å²) in [6.07, 6.45) is -15.6. The standard InChI is InChI=1S/C16H22F8N2O4/c17-10(18)15(21,22)4-9-8(5-25-12(27)28)2-1-3-14(9,7-26-13(29)30)6-16(23,24)11(19)20/h8-11,25-26H,1-7H2,(H,27,28)(H,29,30). The minimum Gasteiger partial charge on any atom is -0.465 e. The normalized spacial score (nSPS) is 25.4. The number of hydrogen-bond donors (Lipinski definition) is 4. The Morgan fingerprint density at radius 1 is 0.967 bits per heavy atom. The van der Waals surface area contributed by atoms with E-state index in [1.165, 1.54) is 0 Å². The molecule has 3 atom stereocenters. The summed E-state index contributed by atoms with van der Waals surface area (Å²) in [4.78, 5) is 21.6. The van der Waals surface area contributed by atoms with Gasteiger partial charge in [0.25, 0.3) is 0 Å². The van der Waals surface area contributed by atoms with Gasteiger partial charge < -0.3 is 20.8 Å². The molecular weight excluding hydrogens is 436 g/mol. The van der Waals surface area contributed by atoms with Crippen LogP contribution in [0.5, 0.6) is 0 Å². The van der Waals surface area contributed by atoms with Gasteiger partial charge in [-0.25, -0.2) is 44.7 Å². The highest BCUT2D eigenvalue weighted by atomic mass is 19.3. The van der Waals surface area contributed by atoms with E-state index in [4.69, 9.17) is 10.2 Å². The van der Waals surface area contributed by atoms with E-state index in [2.05, 4.69) is 0 Å². The molecule has 0 aromatic carbocycles. The largest absolute Gasteiger partial charge is 0.465 e. The molecule has 0 bridgehead atoms. The van der Waals surface area contributed by atoms with Crippen LogP contribution in [0.4, 0.5) is 44.7 Å². The lowest BCUT2D eigenvalue weighted by molar-refractivity contribution is -0.188. The zero-order valence-corrected chi connectivity index (χ0v) is 15.5. The fraction of sp³-hybridized carbons (Fsp3) is 0.875. The van der Waals surface area contributed by atoms with Crippen molar-refractivity contribution in [1.29, 1.82) is 0 Å². The summed E-state index contributed by atoms with van der Waals surface area (Å²) < 4.78 is 107. The van der Waals surface area contributed by atoms with Crippen molar-refractivity contribution in [2.45, 2.75) is 56.8 Å². The monoisotopic (exact) mass is 458 g/mol. The topological polar surface area (TPSA) is 98.7 Å². The van der Waals surface area contributed by atoms with Gasteiger partial charge in [0.15, 0.2) is 0 Å². The third-order valence-corrected chi connectivity index (χ3v) is 5.43. The van der Waals surface area contributed by atoms with Gasteiger partial charge in [-0.2, -0.15) is 0 Å². The predicted octanol–water partition coefficient (Wildman–Crippen LogP) is 4.51. The highest BCUT2D eigenvalue weighted by molar-refractivity contribution is 5.64.